The number of carbonyl (C=O) groups is 1. The highest BCUT2D eigenvalue weighted by Crippen LogP contribution is 2.22. The molecule has 15 heavy (non-hydrogen) atoms. The molecular weight excluding hydrogens is 214 g/mol. The number of carbonyl (C=O) groups excluding carboxylic acids is 1. The molecule has 1 aliphatic heterocycles. The van der Waals surface area contributed by atoms with Crippen LogP contribution in [0.15, 0.2) is 24.3 Å². The van der Waals surface area contributed by atoms with Crippen molar-refractivity contribution in [3.05, 3.63) is 29.3 Å². The van der Waals surface area contributed by atoms with Crippen LogP contribution in [0.4, 0.5) is 5.69 Å². The number of nitrogens with one attached hydrogen (secondary N) is 1. The molecule has 1 amide bonds. The first-order chi connectivity index (χ1) is 7.27. The van der Waals surface area contributed by atoms with Crippen LogP contribution in [-0.2, 0) is 9.53 Å². The van der Waals surface area contributed by atoms with E-state index in [-0.39, 0.29) is 12.0 Å². The molecule has 0 aliphatic carbocycles. The van der Waals surface area contributed by atoms with Crippen molar-refractivity contribution in [2.24, 2.45) is 0 Å². The predicted molar refractivity (Wildman–Crippen MR) is 59.1 cm³/mol. The lowest BCUT2D eigenvalue weighted by Gasteiger charge is -2.11. The van der Waals surface area contributed by atoms with Crippen molar-refractivity contribution in [3.8, 4) is 0 Å². The van der Waals surface area contributed by atoms with E-state index in [1.807, 2.05) is 12.1 Å². The van der Waals surface area contributed by atoms with E-state index in [4.69, 9.17) is 16.3 Å². The van der Waals surface area contributed by atoms with Crippen molar-refractivity contribution in [1.82, 2.24) is 0 Å². The molecule has 2 rings (SSSR count). The molecule has 1 unspecified atom stereocenters. The highest BCUT2D eigenvalue weighted by molar-refractivity contribution is 6.33. The molecule has 0 spiro atoms. The summed E-state index contributed by atoms with van der Waals surface area (Å²) in [6.45, 7) is 0.667. The third kappa shape index (κ3) is 2.49. The first kappa shape index (κ1) is 10.5. The van der Waals surface area contributed by atoms with E-state index < -0.39 is 0 Å². The molecule has 3 nitrogen and oxygen atoms in total. The summed E-state index contributed by atoms with van der Waals surface area (Å²) in [5.41, 5.74) is 0.639. The van der Waals surface area contributed by atoms with Gasteiger partial charge in [0.15, 0.2) is 0 Å². The van der Waals surface area contributed by atoms with Crippen molar-refractivity contribution < 1.29 is 9.53 Å². The fourth-order valence-electron chi connectivity index (χ4n) is 1.56. The molecule has 1 atom stereocenters. The Morgan fingerprint density at radius 2 is 2.27 bits per heavy atom. The molecule has 0 saturated carbocycles. The van der Waals surface area contributed by atoms with E-state index >= 15 is 0 Å². The fraction of sp³-hybridized carbons (Fsp3) is 0.364. The molecule has 0 radical (unpaired) electrons. The number of halogens is 1. The molecular formula is C11H12ClNO2. The number of amides is 1. The number of benzene rings is 1. The zero-order valence-corrected chi connectivity index (χ0v) is 8.96. The number of rotatable bonds is 2. The molecule has 1 aromatic rings. The topological polar surface area (TPSA) is 38.3 Å². The minimum Gasteiger partial charge on any atom is -0.368 e. The Labute approximate surface area is 93.4 Å². The highest BCUT2D eigenvalue weighted by atomic mass is 35.5. The first-order valence-electron chi connectivity index (χ1n) is 4.94. The Kier molecular flexibility index (Phi) is 3.23. The van der Waals surface area contributed by atoms with E-state index in [9.17, 15) is 4.79 Å². The van der Waals surface area contributed by atoms with E-state index in [1.54, 1.807) is 12.1 Å². The molecule has 1 saturated heterocycles. The maximum atomic E-state index is 11.7. The smallest absolute Gasteiger partial charge is 0.253 e. The Morgan fingerprint density at radius 1 is 1.47 bits per heavy atom. The van der Waals surface area contributed by atoms with Gasteiger partial charge in [0.25, 0.3) is 5.91 Å². The van der Waals surface area contributed by atoms with Gasteiger partial charge in [-0.15, -0.1) is 0 Å². The van der Waals surface area contributed by atoms with Gasteiger partial charge in [0.05, 0.1) is 10.7 Å². The van der Waals surface area contributed by atoms with Crippen molar-refractivity contribution in [1.29, 1.82) is 0 Å². The summed E-state index contributed by atoms with van der Waals surface area (Å²) in [6.07, 6.45) is 1.41. The SMILES string of the molecule is O=C(Nc1ccccc1Cl)C1CCCO1. The Hall–Kier alpha value is -1.06. The van der Waals surface area contributed by atoms with Gasteiger partial charge in [0.1, 0.15) is 6.10 Å². The Morgan fingerprint density at radius 3 is 2.93 bits per heavy atom. The molecule has 1 N–H and O–H groups in total. The van der Waals surface area contributed by atoms with Crippen molar-refractivity contribution >= 4 is 23.2 Å². The monoisotopic (exact) mass is 225 g/mol. The minimum atomic E-state index is -0.318. The van der Waals surface area contributed by atoms with Crippen LogP contribution in [0.3, 0.4) is 0 Å². The summed E-state index contributed by atoms with van der Waals surface area (Å²) < 4.78 is 5.27. The van der Waals surface area contributed by atoms with Gasteiger partial charge in [-0.3, -0.25) is 4.79 Å². The second-order valence-electron chi connectivity index (χ2n) is 3.47. The summed E-state index contributed by atoms with van der Waals surface area (Å²) in [5.74, 6) is -0.111. The fourth-order valence-corrected chi connectivity index (χ4v) is 1.74. The van der Waals surface area contributed by atoms with Crippen molar-refractivity contribution in [2.75, 3.05) is 11.9 Å². The van der Waals surface area contributed by atoms with Gasteiger partial charge in [0.2, 0.25) is 0 Å². The molecule has 0 bridgehead atoms. The van der Waals surface area contributed by atoms with Gasteiger partial charge in [-0.2, -0.15) is 0 Å². The number of hydrogen-bond donors (Lipinski definition) is 1. The molecule has 1 heterocycles. The third-order valence-corrected chi connectivity index (χ3v) is 2.68. The number of hydrogen-bond acceptors (Lipinski definition) is 2. The second kappa shape index (κ2) is 4.64. The standard InChI is InChI=1S/C11H12ClNO2/c12-8-4-1-2-5-9(8)13-11(14)10-6-3-7-15-10/h1-2,4-5,10H,3,6-7H2,(H,13,14). The lowest BCUT2D eigenvalue weighted by Crippen LogP contribution is -2.26. The van der Waals surface area contributed by atoms with Crippen LogP contribution in [0.1, 0.15) is 12.8 Å². The zero-order valence-electron chi connectivity index (χ0n) is 8.20. The zero-order chi connectivity index (χ0) is 10.7. The lowest BCUT2D eigenvalue weighted by atomic mass is 10.2. The van der Waals surface area contributed by atoms with Crippen LogP contribution in [0.5, 0.6) is 0 Å². The van der Waals surface area contributed by atoms with Crippen LogP contribution in [0, 0.1) is 0 Å². The van der Waals surface area contributed by atoms with Gasteiger partial charge in [-0.25, -0.2) is 0 Å². The van der Waals surface area contributed by atoms with Gasteiger partial charge < -0.3 is 10.1 Å². The normalized spacial score (nSPS) is 20.2. The van der Waals surface area contributed by atoms with Crippen LogP contribution in [-0.4, -0.2) is 18.6 Å². The van der Waals surface area contributed by atoms with Gasteiger partial charge in [0, 0.05) is 6.61 Å². The summed E-state index contributed by atoms with van der Waals surface area (Å²) in [7, 11) is 0. The summed E-state index contributed by atoms with van der Waals surface area (Å²) in [4.78, 5) is 11.7. The Bertz CT molecular complexity index is 361. The van der Waals surface area contributed by atoms with Gasteiger partial charge in [-0.05, 0) is 25.0 Å². The molecule has 80 valence electrons. The summed E-state index contributed by atoms with van der Waals surface area (Å²) in [5, 5.41) is 3.30. The molecule has 4 heteroatoms. The maximum Gasteiger partial charge on any atom is 0.253 e. The Balaban J connectivity index is 2.02. The van der Waals surface area contributed by atoms with Crippen molar-refractivity contribution in [3.63, 3.8) is 0 Å². The van der Waals surface area contributed by atoms with E-state index in [0.29, 0.717) is 17.3 Å². The quantitative estimate of drug-likeness (QED) is 0.840. The van der Waals surface area contributed by atoms with E-state index in [0.717, 1.165) is 12.8 Å². The number of para-hydroxylation sites is 1. The number of anilines is 1. The maximum absolute atomic E-state index is 11.7. The number of ether oxygens (including phenoxy) is 1. The third-order valence-electron chi connectivity index (χ3n) is 2.35. The van der Waals surface area contributed by atoms with Gasteiger partial charge in [-0.1, -0.05) is 23.7 Å². The van der Waals surface area contributed by atoms with Crippen molar-refractivity contribution in [2.45, 2.75) is 18.9 Å². The summed E-state index contributed by atoms with van der Waals surface area (Å²) >= 11 is 5.92. The average Bonchev–Trinajstić information content (AvgIpc) is 2.74. The highest BCUT2D eigenvalue weighted by Gasteiger charge is 2.23. The van der Waals surface area contributed by atoms with E-state index in [2.05, 4.69) is 5.32 Å². The lowest BCUT2D eigenvalue weighted by molar-refractivity contribution is -0.124. The summed E-state index contributed by atoms with van der Waals surface area (Å²) in [6, 6.07) is 7.17. The molecule has 1 fully saturated rings. The molecule has 0 aromatic heterocycles. The molecule has 1 aromatic carbocycles. The van der Waals surface area contributed by atoms with Crippen LogP contribution in [0.25, 0.3) is 0 Å². The average molecular weight is 226 g/mol. The minimum absolute atomic E-state index is 0.111. The van der Waals surface area contributed by atoms with Crippen LogP contribution < -0.4 is 5.32 Å². The largest absolute Gasteiger partial charge is 0.368 e. The predicted octanol–water partition coefficient (Wildman–Crippen LogP) is 2.46. The van der Waals surface area contributed by atoms with E-state index in [1.165, 1.54) is 0 Å². The van der Waals surface area contributed by atoms with Crippen LogP contribution >= 0.6 is 11.6 Å². The van der Waals surface area contributed by atoms with Gasteiger partial charge >= 0.3 is 0 Å². The molecule has 1 aliphatic rings. The first-order valence-corrected chi connectivity index (χ1v) is 5.32. The van der Waals surface area contributed by atoms with Crippen LogP contribution in [0.2, 0.25) is 5.02 Å². The second-order valence-corrected chi connectivity index (χ2v) is 3.88.